The molecule has 0 saturated carbocycles. The van der Waals surface area contributed by atoms with Crippen molar-refractivity contribution in [2.45, 2.75) is 12.8 Å². The van der Waals surface area contributed by atoms with Gasteiger partial charge in [-0.2, -0.15) is 0 Å². The predicted molar refractivity (Wildman–Crippen MR) is 85.2 cm³/mol. The Balaban J connectivity index is 1.60. The van der Waals surface area contributed by atoms with E-state index in [4.69, 9.17) is 0 Å². The summed E-state index contributed by atoms with van der Waals surface area (Å²) < 4.78 is 0. The lowest BCUT2D eigenvalue weighted by Gasteiger charge is -2.05. The first-order chi connectivity index (χ1) is 9.81. The molecule has 2 aromatic rings. The van der Waals surface area contributed by atoms with Gasteiger partial charge in [0, 0.05) is 12.2 Å². The Morgan fingerprint density at radius 3 is 2.85 bits per heavy atom. The average molecular weight is 284 g/mol. The average Bonchev–Trinajstić information content (AvgIpc) is 2.98. The maximum absolute atomic E-state index is 11.8. The molecule has 0 aliphatic carbocycles. The fraction of sp³-hybridized carbons (Fsp3) is 0.250. The molecular formula is C16H16N2OS. The fourth-order valence-electron chi connectivity index (χ4n) is 2.24. The second-order valence-electron chi connectivity index (χ2n) is 4.77. The molecule has 3 nitrogen and oxygen atoms in total. The van der Waals surface area contributed by atoms with Crippen LogP contribution in [0.15, 0.2) is 47.5 Å². The van der Waals surface area contributed by atoms with Crippen LogP contribution in [0.3, 0.4) is 0 Å². The van der Waals surface area contributed by atoms with Gasteiger partial charge in [-0.25, -0.2) is 0 Å². The van der Waals surface area contributed by atoms with Crippen molar-refractivity contribution in [3.8, 4) is 0 Å². The zero-order valence-electron chi connectivity index (χ0n) is 11.1. The molecule has 0 fully saturated rings. The second-order valence-corrected chi connectivity index (χ2v) is 5.85. The Morgan fingerprint density at radius 1 is 1.20 bits per heavy atom. The topological polar surface area (TPSA) is 41.5 Å². The molecule has 3 rings (SSSR count). The summed E-state index contributed by atoms with van der Waals surface area (Å²) in [5, 5.41) is 6.09. The van der Waals surface area contributed by atoms with Crippen LogP contribution < -0.4 is 5.32 Å². The number of carbonyl (C=O) groups excluding carboxylic acids is 1. The number of fused-ring (bicyclic) bond motifs is 1. The van der Waals surface area contributed by atoms with Crippen molar-refractivity contribution in [1.29, 1.82) is 0 Å². The van der Waals surface area contributed by atoms with E-state index >= 15 is 0 Å². The highest BCUT2D eigenvalue weighted by Crippen LogP contribution is 2.16. The SMILES string of the molecule is O=C(CCc1ccc2ccccc2c1)NC1=NCCS1. The van der Waals surface area contributed by atoms with Gasteiger partial charge in [-0.05, 0) is 22.8 Å². The fourth-order valence-corrected chi connectivity index (χ4v) is 2.99. The van der Waals surface area contributed by atoms with Crippen LogP contribution in [-0.2, 0) is 11.2 Å². The third kappa shape index (κ3) is 3.20. The minimum atomic E-state index is 0.0475. The van der Waals surface area contributed by atoms with Crippen molar-refractivity contribution in [2.24, 2.45) is 4.99 Å². The maximum atomic E-state index is 11.8. The maximum Gasteiger partial charge on any atom is 0.226 e. The molecule has 0 spiro atoms. The molecule has 2 aromatic carbocycles. The summed E-state index contributed by atoms with van der Waals surface area (Å²) in [6.07, 6.45) is 1.26. The quantitative estimate of drug-likeness (QED) is 0.941. The largest absolute Gasteiger partial charge is 0.305 e. The highest BCUT2D eigenvalue weighted by molar-refractivity contribution is 8.14. The monoisotopic (exact) mass is 284 g/mol. The Bertz CT molecular complexity index is 666. The summed E-state index contributed by atoms with van der Waals surface area (Å²) in [6, 6.07) is 14.6. The molecular weight excluding hydrogens is 268 g/mol. The number of aliphatic imine (C=N–C) groups is 1. The van der Waals surface area contributed by atoms with Gasteiger partial charge < -0.3 is 5.32 Å². The molecule has 1 heterocycles. The van der Waals surface area contributed by atoms with Crippen LogP contribution in [0.4, 0.5) is 0 Å². The van der Waals surface area contributed by atoms with E-state index in [9.17, 15) is 4.79 Å². The molecule has 0 aromatic heterocycles. The lowest BCUT2D eigenvalue weighted by atomic mass is 10.0. The first-order valence-corrected chi connectivity index (χ1v) is 7.74. The van der Waals surface area contributed by atoms with Crippen molar-refractivity contribution in [3.63, 3.8) is 0 Å². The van der Waals surface area contributed by atoms with Gasteiger partial charge in [0.05, 0.1) is 6.54 Å². The first-order valence-electron chi connectivity index (χ1n) is 6.76. The third-order valence-corrected chi connectivity index (χ3v) is 4.18. The predicted octanol–water partition coefficient (Wildman–Crippen LogP) is 2.99. The Hall–Kier alpha value is -1.81. The van der Waals surface area contributed by atoms with Crippen molar-refractivity contribution in [2.75, 3.05) is 12.3 Å². The van der Waals surface area contributed by atoms with E-state index in [0.29, 0.717) is 6.42 Å². The molecule has 102 valence electrons. The summed E-state index contributed by atoms with van der Waals surface area (Å²) in [4.78, 5) is 16.0. The van der Waals surface area contributed by atoms with E-state index in [2.05, 4.69) is 40.6 Å². The lowest BCUT2D eigenvalue weighted by molar-refractivity contribution is -0.119. The van der Waals surface area contributed by atoms with Crippen molar-refractivity contribution in [3.05, 3.63) is 48.0 Å². The number of thioether (sulfide) groups is 1. The van der Waals surface area contributed by atoms with E-state index in [-0.39, 0.29) is 5.91 Å². The number of benzene rings is 2. The van der Waals surface area contributed by atoms with Crippen LogP contribution in [0.5, 0.6) is 0 Å². The smallest absolute Gasteiger partial charge is 0.226 e. The molecule has 0 radical (unpaired) electrons. The molecule has 0 bridgehead atoms. The van der Waals surface area contributed by atoms with Gasteiger partial charge in [0.2, 0.25) is 5.91 Å². The van der Waals surface area contributed by atoms with Gasteiger partial charge in [-0.1, -0.05) is 54.2 Å². The lowest BCUT2D eigenvalue weighted by Crippen LogP contribution is -2.27. The van der Waals surface area contributed by atoms with E-state index in [1.807, 2.05) is 12.1 Å². The third-order valence-electron chi connectivity index (χ3n) is 3.29. The number of amidine groups is 1. The summed E-state index contributed by atoms with van der Waals surface area (Å²) >= 11 is 1.61. The van der Waals surface area contributed by atoms with E-state index in [0.717, 1.165) is 23.9 Å². The number of hydrogen-bond donors (Lipinski definition) is 1. The summed E-state index contributed by atoms with van der Waals surface area (Å²) in [5.74, 6) is 1.02. The Labute approximate surface area is 122 Å². The Morgan fingerprint density at radius 2 is 2.05 bits per heavy atom. The molecule has 0 unspecified atom stereocenters. The second kappa shape index (κ2) is 6.09. The normalized spacial score (nSPS) is 14.3. The van der Waals surface area contributed by atoms with Crippen LogP contribution >= 0.6 is 11.8 Å². The van der Waals surface area contributed by atoms with E-state index in [1.165, 1.54) is 16.3 Å². The number of rotatable bonds is 3. The van der Waals surface area contributed by atoms with Gasteiger partial charge in [-0.15, -0.1) is 0 Å². The number of nitrogens with one attached hydrogen (secondary N) is 1. The molecule has 1 aliphatic heterocycles. The summed E-state index contributed by atoms with van der Waals surface area (Å²) in [5.41, 5.74) is 1.19. The number of hydrogen-bond acceptors (Lipinski definition) is 3. The molecule has 0 atom stereocenters. The van der Waals surface area contributed by atoms with Gasteiger partial charge in [0.1, 0.15) is 0 Å². The summed E-state index contributed by atoms with van der Waals surface area (Å²) in [6.45, 7) is 0.810. The van der Waals surface area contributed by atoms with Crippen molar-refractivity contribution < 1.29 is 4.79 Å². The number of amides is 1. The minimum Gasteiger partial charge on any atom is -0.305 e. The molecule has 1 amide bonds. The van der Waals surface area contributed by atoms with Crippen LogP contribution in [0.1, 0.15) is 12.0 Å². The van der Waals surface area contributed by atoms with Gasteiger partial charge in [0.25, 0.3) is 0 Å². The van der Waals surface area contributed by atoms with Crippen LogP contribution in [-0.4, -0.2) is 23.4 Å². The number of carbonyl (C=O) groups is 1. The molecule has 1 N–H and O–H groups in total. The first kappa shape index (κ1) is 13.2. The van der Waals surface area contributed by atoms with Gasteiger partial charge in [0.15, 0.2) is 5.17 Å². The molecule has 20 heavy (non-hydrogen) atoms. The van der Waals surface area contributed by atoms with Crippen molar-refractivity contribution in [1.82, 2.24) is 5.32 Å². The van der Waals surface area contributed by atoms with Crippen molar-refractivity contribution >= 4 is 33.6 Å². The van der Waals surface area contributed by atoms with E-state index in [1.54, 1.807) is 11.8 Å². The zero-order chi connectivity index (χ0) is 13.8. The molecule has 1 aliphatic rings. The van der Waals surface area contributed by atoms with Gasteiger partial charge in [-0.3, -0.25) is 9.79 Å². The number of aryl methyl sites for hydroxylation is 1. The van der Waals surface area contributed by atoms with Gasteiger partial charge >= 0.3 is 0 Å². The summed E-state index contributed by atoms with van der Waals surface area (Å²) in [7, 11) is 0. The zero-order valence-corrected chi connectivity index (χ0v) is 12.0. The highest BCUT2D eigenvalue weighted by Gasteiger charge is 2.10. The highest BCUT2D eigenvalue weighted by atomic mass is 32.2. The molecule has 4 heteroatoms. The number of nitrogens with zero attached hydrogens (tertiary/aromatic N) is 1. The van der Waals surface area contributed by atoms with Crippen LogP contribution in [0.2, 0.25) is 0 Å². The van der Waals surface area contributed by atoms with Crippen LogP contribution in [0, 0.1) is 0 Å². The standard InChI is InChI=1S/C16H16N2OS/c19-15(18-16-17-9-10-20-16)8-6-12-5-7-13-3-1-2-4-14(13)11-12/h1-5,7,11H,6,8-10H2,(H,17,18,19). The van der Waals surface area contributed by atoms with Crippen LogP contribution in [0.25, 0.3) is 10.8 Å². The Kier molecular flexibility index (Phi) is 4.02. The minimum absolute atomic E-state index is 0.0475. The van der Waals surface area contributed by atoms with E-state index < -0.39 is 0 Å². The molecule has 0 saturated heterocycles.